The maximum Gasteiger partial charge on any atom is 0.238 e. The molecule has 0 aliphatic heterocycles. The number of ketones is 1. The first-order chi connectivity index (χ1) is 9.54. The summed E-state index contributed by atoms with van der Waals surface area (Å²) in [5.41, 5.74) is 2.00. The van der Waals surface area contributed by atoms with Crippen molar-refractivity contribution < 1.29 is 9.59 Å². The van der Waals surface area contributed by atoms with Gasteiger partial charge in [0.1, 0.15) is 5.78 Å². The fourth-order valence-corrected chi connectivity index (χ4v) is 2.56. The molecule has 1 saturated carbocycles. The molecule has 0 heterocycles. The second-order valence-electron chi connectivity index (χ2n) is 5.60. The molecule has 1 aliphatic carbocycles. The quantitative estimate of drug-likeness (QED) is 0.917. The number of anilines is 1. The third-order valence-corrected chi connectivity index (χ3v) is 3.86. The zero-order valence-corrected chi connectivity index (χ0v) is 12.2. The van der Waals surface area contributed by atoms with Crippen LogP contribution in [0.4, 0.5) is 5.69 Å². The Bertz CT molecular complexity index is 472. The maximum atomic E-state index is 12.0. The highest BCUT2D eigenvalue weighted by Gasteiger charge is 2.23. The molecule has 1 fully saturated rings. The summed E-state index contributed by atoms with van der Waals surface area (Å²) in [4.78, 5) is 25.3. The van der Waals surface area contributed by atoms with Crippen molar-refractivity contribution in [1.29, 1.82) is 0 Å². The van der Waals surface area contributed by atoms with Crippen LogP contribution in [-0.4, -0.2) is 36.2 Å². The van der Waals surface area contributed by atoms with Crippen molar-refractivity contribution in [2.75, 3.05) is 18.9 Å². The number of nitrogens with one attached hydrogen (secondary N) is 1. The average molecular weight is 274 g/mol. The molecule has 0 unspecified atom stereocenters. The molecule has 1 aromatic rings. The number of Topliss-reactive ketones (excluding diaryl/α,β-unsaturated/α-hetero) is 1. The number of nitrogens with zero attached hydrogens (tertiary/aromatic N) is 1. The molecule has 0 aromatic heterocycles. The first kappa shape index (κ1) is 14.7. The third-order valence-electron chi connectivity index (χ3n) is 3.86. The van der Waals surface area contributed by atoms with Crippen molar-refractivity contribution in [3.05, 3.63) is 29.8 Å². The number of hydrogen-bond acceptors (Lipinski definition) is 3. The van der Waals surface area contributed by atoms with E-state index >= 15 is 0 Å². The molecule has 2 rings (SSSR count). The molecule has 0 spiro atoms. The molecule has 1 N–H and O–H groups in total. The Morgan fingerprint density at radius 2 is 1.85 bits per heavy atom. The highest BCUT2D eigenvalue weighted by Crippen LogP contribution is 2.19. The van der Waals surface area contributed by atoms with Gasteiger partial charge in [-0.25, -0.2) is 0 Å². The summed E-state index contributed by atoms with van der Waals surface area (Å²) in [6, 6.07) is 8.12. The number of aryl methyl sites for hydroxylation is 1. The fraction of sp³-hybridized carbons (Fsp3) is 0.500. The first-order valence-electron chi connectivity index (χ1n) is 7.13. The van der Waals surface area contributed by atoms with Crippen LogP contribution in [0.15, 0.2) is 24.3 Å². The van der Waals surface area contributed by atoms with E-state index in [1.54, 1.807) is 0 Å². The van der Waals surface area contributed by atoms with Gasteiger partial charge in [-0.15, -0.1) is 0 Å². The number of hydrogen-bond donors (Lipinski definition) is 1. The zero-order chi connectivity index (χ0) is 14.5. The highest BCUT2D eigenvalue weighted by atomic mass is 16.2. The van der Waals surface area contributed by atoms with Gasteiger partial charge in [-0.3, -0.25) is 14.5 Å². The maximum absolute atomic E-state index is 12.0. The Hall–Kier alpha value is -1.68. The van der Waals surface area contributed by atoms with Crippen molar-refractivity contribution in [2.24, 2.45) is 0 Å². The highest BCUT2D eigenvalue weighted by molar-refractivity contribution is 5.92. The Morgan fingerprint density at radius 3 is 2.45 bits per heavy atom. The lowest BCUT2D eigenvalue weighted by molar-refractivity contribution is -0.121. The smallest absolute Gasteiger partial charge is 0.238 e. The molecule has 0 radical (unpaired) electrons. The number of rotatable bonds is 4. The van der Waals surface area contributed by atoms with Crippen LogP contribution in [0.2, 0.25) is 0 Å². The summed E-state index contributed by atoms with van der Waals surface area (Å²) in [5, 5.41) is 2.90. The summed E-state index contributed by atoms with van der Waals surface area (Å²) < 4.78 is 0. The zero-order valence-electron chi connectivity index (χ0n) is 12.2. The summed E-state index contributed by atoms with van der Waals surface area (Å²) in [6.07, 6.45) is 3.03. The van der Waals surface area contributed by atoms with Crippen molar-refractivity contribution >= 4 is 17.4 Å². The van der Waals surface area contributed by atoms with Crippen LogP contribution in [0, 0.1) is 6.92 Å². The van der Waals surface area contributed by atoms with E-state index in [0.29, 0.717) is 31.2 Å². The SMILES string of the molecule is Cc1ccc(NC(=O)CN(C)C2CCC(=O)CC2)cc1. The molecule has 20 heavy (non-hydrogen) atoms. The summed E-state index contributed by atoms with van der Waals surface area (Å²) >= 11 is 0. The van der Waals surface area contributed by atoms with Crippen molar-refractivity contribution in [3.63, 3.8) is 0 Å². The predicted octanol–water partition coefficient (Wildman–Crippen LogP) is 2.38. The van der Waals surface area contributed by atoms with E-state index in [4.69, 9.17) is 0 Å². The van der Waals surface area contributed by atoms with Gasteiger partial charge in [0.15, 0.2) is 0 Å². The van der Waals surface area contributed by atoms with Crippen LogP contribution >= 0.6 is 0 Å². The number of benzene rings is 1. The van der Waals surface area contributed by atoms with Gasteiger partial charge in [-0.2, -0.15) is 0 Å². The third kappa shape index (κ3) is 4.17. The Balaban J connectivity index is 1.81. The Morgan fingerprint density at radius 1 is 1.25 bits per heavy atom. The lowest BCUT2D eigenvalue weighted by Crippen LogP contribution is -2.40. The van der Waals surface area contributed by atoms with Gasteiger partial charge in [-0.05, 0) is 38.9 Å². The van der Waals surface area contributed by atoms with Gasteiger partial charge < -0.3 is 5.32 Å². The first-order valence-corrected chi connectivity index (χ1v) is 7.13. The van der Waals surface area contributed by atoms with E-state index in [9.17, 15) is 9.59 Å². The number of likely N-dealkylation sites (N-methyl/N-ethyl adjacent to an activating group) is 1. The van der Waals surface area contributed by atoms with E-state index in [1.807, 2.05) is 38.2 Å². The van der Waals surface area contributed by atoms with Crippen LogP contribution in [0.1, 0.15) is 31.2 Å². The van der Waals surface area contributed by atoms with Gasteiger partial charge in [0.05, 0.1) is 6.54 Å². The van der Waals surface area contributed by atoms with Crippen LogP contribution in [0.3, 0.4) is 0 Å². The lowest BCUT2D eigenvalue weighted by Gasteiger charge is -2.30. The lowest BCUT2D eigenvalue weighted by atomic mass is 9.93. The minimum atomic E-state index is -0.00625. The molecule has 1 amide bonds. The standard InChI is InChI=1S/C16H22N2O2/c1-12-3-5-13(6-4-12)17-16(20)11-18(2)14-7-9-15(19)10-8-14/h3-6,14H,7-11H2,1-2H3,(H,17,20). The Kier molecular flexibility index (Phi) is 4.90. The van der Waals surface area contributed by atoms with Gasteiger partial charge in [0.25, 0.3) is 0 Å². The average Bonchev–Trinajstić information content (AvgIpc) is 2.42. The second-order valence-corrected chi connectivity index (χ2v) is 5.60. The van der Waals surface area contributed by atoms with E-state index in [1.165, 1.54) is 5.56 Å². The van der Waals surface area contributed by atoms with Crippen molar-refractivity contribution in [2.45, 2.75) is 38.6 Å². The molecular weight excluding hydrogens is 252 g/mol. The predicted molar refractivity (Wildman–Crippen MR) is 79.7 cm³/mol. The van der Waals surface area contributed by atoms with Gasteiger partial charge >= 0.3 is 0 Å². The van der Waals surface area contributed by atoms with Crippen LogP contribution in [-0.2, 0) is 9.59 Å². The normalized spacial score (nSPS) is 16.4. The summed E-state index contributed by atoms with van der Waals surface area (Å²) in [6.45, 7) is 2.39. The van der Waals surface area contributed by atoms with Crippen molar-refractivity contribution in [3.8, 4) is 0 Å². The summed E-state index contributed by atoms with van der Waals surface area (Å²) in [7, 11) is 1.95. The molecular formula is C16H22N2O2. The number of carbonyl (C=O) groups is 2. The molecule has 1 aromatic carbocycles. The van der Waals surface area contributed by atoms with E-state index in [0.717, 1.165) is 18.5 Å². The minimum absolute atomic E-state index is 0.00625. The van der Waals surface area contributed by atoms with Gasteiger partial charge in [0.2, 0.25) is 5.91 Å². The molecule has 0 bridgehead atoms. The minimum Gasteiger partial charge on any atom is -0.325 e. The van der Waals surface area contributed by atoms with Gasteiger partial charge in [0, 0.05) is 24.6 Å². The van der Waals surface area contributed by atoms with E-state index < -0.39 is 0 Å². The topological polar surface area (TPSA) is 49.4 Å². The summed E-state index contributed by atoms with van der Waals surface area (Å²) in [5.74, 6) is 0.340. The van der Waals surface area contributed by atoms with E-state index in [-0.39, 0.29) is 5.91 Å². The van der Waals surface area contributed by atoms with Crippen LogP contribution in [0.5, 0.6) is 0 Å². The molecule has 1 aliphatic rings. The second kappa shape index (κ2) is 6.66. The molecule has 4 nitrogen and oxygen atoms in total. The van der Waals surface area contributed by atoms with Gasteiger partial charge in [-0.1, -0.05) is 17.7 Å². The molecule has 108 valence electrons. The number of amides is 1. The monoisotopic (exact) mass is 274 g/mol. The largest absolute Gasteiger partial charge is 0.325 e. The molecule has 0 atom stereocenters. The van der Waals surface area contributed by atoms with E-state index in [2.05, 4.69) is 10.2 Å². The number of carbonyl (C=O) groups excluding carboxylic acids is 2. The van der Waals surface area contributed by atoms with Crippen LogP contribution in [0.25, 0.3) is 0 Å². The molecule has 4 heteroatoms. The van der Waals surface area contributed by atoms with Crippen molar-refractivity contribution in [1.82, 2.24) is 4.90 Å². The van der Waals surface area contributed by atoms with Crippen LogP contribution < -0.4 is 5.32 Å². The Labute approximate surface area is 120 Å². The fourth-order valence-electron chi connectivity index (χ4n) is 2.56. The molecule has 0 saturated heterocycles.